The van der Waals surface area contributed by atoms with Crippen molar-refractivity contribution in [3.05, 3.63) is 23.8 Å². The summed E-state index contributed by atoms with van der Waals surface area (Å²) in [6, 6.07) is 5.23. The van der Waals surface area contributed by atoms with Gasteiger partial charge in [0, 0.05) is 13.1 Å². The van der Waals surface area contributed by atoms with E-state index < -0.39 is 0 Å². The summed E-state index contributed by atoms with van der Waals surface area (Å²) in [6.07, 6.45) is 0. The van der Waals surface area contributed by atoms with Crippen molar-refractivity contribution in [1.29, 1.82) is 0 Å². The van der Waals surface area contributed by atoms with Crippen molar-refractivity contribution >= 4 is 5.91 Å². The number of rotatable bonds is 5. The van der Waals surface area contributed by atoms with Crippen LogP contribution in [-0.4, -0.2) is 38.1 Å². The van der Waals surface area contributed by atoms with E-state index in [-0.39, 0.29) is 5.91 Å². The van der Waals surface area contributed by atoms with Crippen LogP contribution in [0, 0.1) is 0 Å². The number of nitrogens with zero attached hydrogens (tertiary/aromatic N) is 1. The molecule has 1 aromatic rings. The van der Waals surface area contributed by atoms with Crippen molar-refractivity contribution in [2.24, 2.45) is 0 Å². The first-order chi connectivity index (χ1) is 8.17. The minimum atomic E-state index is -0.0363. The Labute approximate surface area is 102 Å². The predicted molar refractivity (Wildman–Crippen MR) is 66.8 cm³/mol. The highest BCUT2D eigenvalue weighted by Gasteiger charge is 2.17. The van der Waals surface area contributed by atoms with Crippen LogP contribution < -0.4 is 9.47 Å². The summed E-state index contributed by atoms with van der Waals surface area (Å²) in [5, 5.41) is 0. The standard InChI is InChI=1S/C13H19NO3/c1-5-14(6-2)13(15)11-9-10(16-3)7-8-12(11)17-4/h7-9H,5-6H2,1-4H3. The summed E-state index contributed by atoms with van der Waals surface area (Å²) in [5.41, 5.74) is 0.538. The van der Waals surface area contributed by atoms with Crippen molar-refractivity contribution in [1.82, 2.24) is 4.90 Å². The van der Waals surface area contributed by atoms with Crippen LogP contribution in [0.25, 0.3) is 0 Å². The van der Waals surface area contributed by atoms with Crippen LogP contribution in [0.3, 0.4) is 0 Å². The van der Waals surface area contributed by atoms with E-state index >= 15 is 0 Å². The molecule has 0 saturated heterocycles. The molecule has 94 valence electrons. The summed E-state index contributed by atoms with van der Waals surface area (Å²) < 4.78 is 10.3. The smallest absolute Gasteiger partial charge is 0.257 e. The molecule has 0 fully saturated rings. The monoisotopic (exact) mass is 237 g/mol. The molecule has 4 nitrogen and oxygen atoms in total. The summed E-state index contributed by atoms with van der Waals surface area (Å²) in [7, 11) is 3.13. The number of carbonyl (C=O) groups excluding carboxylic acids is 1. The van der Waals surface area contributed by atoms with Gasteiger partial charge >= 0.3 is 0 Å². The first-order valence-corrected chi connectivity index (χ1v) is 5.69. The molecule has 0 unspecified atom stereocenters. The number of ether oxygens (including phenoxy) is 2. The van der Waals surface area contributed by atoms with Gasteiger partial charge in [-0.25, -0.2) is 0 Å². The van der Waals surface area contributed by atoms with Gasteiger partial charge in [-0.2, -0.15) is 0 Å². The zero-order chi connectivity index (χ0) is 12.8. The van der Waals surface area contributed by atoms with Gasteiger partial charge in [0.15, 0.2) is 0 Å². The Morgan fingerprint density at radius 1 is 1.18 bits per heavy atom. The second-order valence-electron chi connectivity index (χ2n) is 3.54. The second-order valence-corrected chi connectivity index (χ2v) is 3.54. The molecule has 4 heteroatoms. The maximum atomic E-state index is 12.2. The summed E-state index contributed by atoms with van der Waals surface area (Å²) in [6.45, 7) is 5.26. The molecule has 1 amide bonds. The lowest BCUT2D eigenvalue weighted by molar-refractivity contribution is 0.0769. The predicted octanol–water partition coefficient (Wildman–Crippen LogP) is 2.19. The zero-order valence-corrected chi connectivity index (χ0v) is 10.8. The fraction of sp³-hybridized carbons (Fsp3) is 0.462. The maximum Gasteiger partial charge on any atom is 0.257 e. The Kier molecular flexibility index (Phi) is 4.82. The van der Waals surface area contributed by atoms with Crippen LogP contribution in [0.1, 0.15) is 24.2 Å². The van der Waals surface area contributed by atoms with Crippen molar-refractivity contribution in [2.75, 3.05) is 27.3 Å². The Morgan fingerprint density at radius 3 is 2.29 bits per heavy atom. The molecular weight excluding hydrogens is 218 g/mol. The first-order valence-electron chi connectivity index (χ1n) is 5.69. The van der Waals surface area contributed by atoms with E-state index in [2.05, 4.69) is 0 Å². The Hall–Kier alpha value is -1.71. The van der Waals surface area contributed by atoms with Crippen molar-refractivity contribution in [3.8, 4) is 11.5 Å². The normalized spacial score (nSPS) is 9.88. The van der Waals surface area contributed by atoms with Crippen LogP contribution in [0.15, 0.2) is 18.2 Å². The maximum absolute atomic E-state index is 12.2. The molecule has 0 spiro atoms. The van der Waals surface area contributed by atoms with Crippen molar-refractivity contribution < 1.29 is 14.3 Å². The molecule has 17 heavy (non-hydrogen) atoms. The Balaban J connectivity index is 3.13. The third kappa shape index (κ3) is 2.90. The average Bonchev–Trinajstić information content (AvgIpc) is 2.39. The molecule has 0 heterocycles. The van der Waals surface area contributed by atoms with E-state index in [9.17, 15) is 4.79 Å². The first kappa shape index (κ1) is 13.4. The van der Waals surface area contributed by atoms with Gasteiger partial charge in [0.25, 0.3) is 5.91 Å². The number of carbonyl (C=O) groups is 1. The lowest BCUT2D eigenvalue weighted by Gasteiger charge is -2.20. The number of hydrogen-bond donors (Lipinski definition) is 0. The topological polar surface area (TPSA) is 38.8 Å². The van der Waals surface area contributed by atoms with E-state index in [0.717, 1.165) is 0 Å². The van der Waals surface area contributed by atoms with Gasteiger partial charge in [-0.1, -0.05) is 0 Å². The SMILES string of the molecule is CCN(CC)C(=O)c1cc(OC)ccc1OC. The second kappa shape index (κ2) is 6.13. The molecule has 0 aliphatic carbocycles. The van der Waals surface area contributed by atoms with Crippen LogP contribution in [0.4, 0.5) is 0 Å². The molecule has 0 bridgehead atoms. The largest absolute Gasteiger partial charge is 0.497 e. The van der Waals surface area contributed by atoms with E-state index in [4.69, 9.17) is 9.47 Å². The van der Waals surface area contributed by atoms with Crippen LogP contribution in [0.2, 0.25) is 0 Å². The number of benzene rings is 1. The highest BCUT2D eigenvalue weighted by Crippen LogP contribution is 2.25. The van der Waals surface area contributed by atoms with E-state index in [1.807, 2.05) is 13.8 Å². The van der Waals surface area contributed by atoms with Gasteiger partial charge in [0.2, 0.25) is 0 Å². The van der Waals surface area contributed by atoms with Gasteiger partial charge < -0.3 is 14.4 Å². The van der Waals surface area contributed by atoms with Crippen molar-refractivity contribution in [3.63, 3.8) is 0 Å². The van der Waals surface area contributed by atoms with E-state index in [1.165, 1.54) is 0 Å². The molecule has 0 atom stereocenters. The van der Waals surface area contributed by atoms with Gasteiger partial charge in [-0.15, -0.1) is 0 Å². The molecular formula is C13H19NO3. The number of hydrogen-bond acceptors (Lipinski definition) is 3. The summed E-state index contributed by atoms with van der Waals surface area (Å²) in [4.78, 5) is 14.0. The third-order valence-electron chi connectivity index (χ3n) is 2.69. The fourth-order valence-corrected chi connectivity index (χ4v) is 1.66. The fourth-order valence-electron chi connectivity index (χ4n) is 1.66. The van der Waals surface area contributed by atoms with Gasteiger partial charge in [0.05, 0.1) is 19.8 Å². The molecule has 0 aromatic heterocycles. The molecule has 1 aromatic carbocycles. The lowest BCUT2D eigenvalue weighted by atomic mass is 10.1. The quantitative estimate of drug-likeness (QED) is 0.788. The highest BCUT2D eigenvalue weighted by molar-refractivity contribution is 5.97. The molecule has 0 N–H and O–H groups in total. The molecule has 0 aliphatic rings. The molecule has 0 aliphatic heterocycles. The van der Waals surface area contributed by atoms with Crippen molar-refractivity contribution in [2.45, 2.75) is 13.8 Å². The minimum absolute atomic E-state index is 0.0363. The third-order valence-corrected chi connectivity index (χ3v) is 2.69. The molecule has 0 saturated carbocycles. The lowest BCUT2D eigenvalue weighted by Crippen LogP contribution is -2.30. The Morgan fingerprint density at radius 2 is 1.82 bits per heavy atom. The van der Waals surface area contributed by atoms with Gasteiger partial charge in [-0.05, 0) is 32.0 Å². The summed E-state index contributed by atoms with van der Waals surface area (Å²) >= 11 is 0. The van der Waals surface area contributed by atoms with Crippen LogP contribution >= 0.6 is 0 Å². The van der Waals surface area contributed by atoms with E-state index in [1.54, 1.807) is 37.3 Å². The highest BCUT2D eigenvalue weighted by atomic mass is 16.5. The average molecular weight is 237 g/mol. The zero-order valence-electron chi connectivity index (χ0n) is 10.8. The summed E-state index contributed by atoms with van der Waals surface area (Å²) in [5.74, 6) is 1.19. The van der Waals surface area contributed by atoms with Gasteiger partial charge in [0.1, 0.15) is 11.5 Å². The van der Waals surface area contributed by atoms with Crippen LogP contribution in [-0.2, 0) is 0 Å². The number of methoxy groups -OCH3 is 2. The molecule has 0 radical (unpaired) electrons. The van der Waals surface area contributed by atoms with E-state index in [0.29, 0.717) is 30.2 Å². The Bertz CT molecular complexity index is 386. The number of amides is 1. The minimum Gasteiger partial charge on any atom is -0.497 e. The van der Waals surface area contributed by atoms with Gasteiger partial charge in [-0.3, -0.25) is 4.79 Å². The molecule has 1 rings (SSSR count). The van der Waals surface area contributed by atoms with Crippen LogP contribution in [0.5, 0.6) is 11.5 Å².